The van der Waals surface area contributed by atoms with Crippen LogP contribution in [0.5, 0.6) is 0 Å². The van der Waals surface area contributed by atoms with Gasteiger partial charge in [-0.2, -0.15) is 0 Å². The number of hydrogen-bond donors (Lipinski definition) is 0. The Labute approximate surface area is 209 Å². The molecule has 1 fully saturated rings. The second-order valence-corrected chi connectivity index (χ2v) is 8.12. The average Bonchev–Trinajstić information content (AvgIpc) is 3.07. The molecule has 1 rings (SSSR count). The maximum atomic E-state index is 11.6. The molecule has 0 bridgehead atoms. The number of phosphoric ester groups is 1. The molecule has 1 heterocycles. The van der Waals surface area contributed by atoms with Crippen molar-refractivity contribution in [2.45, 2.75) is 64.4 Å². The maximum Gasteiger partial charge on any atom is 1.00 e. The molecule has 0 aromatic carbocycles. The van der Waals surface area contributed by atoms with Crippen LogP contribution in [0.3, 0.4) is 0 Å². The summed E-state index contributed by atoms with van der Waals surface area (Å²) in [6.45, 7) is 1.93. The fraction of sp³-hybridized carbons (Fsp3) is 0.522. The molecule has 0 spiro atoms. The van der Waals surface area contributed by atoms with Crippen molar-refractivity contribution < 1.29 is 57.6 Å². The van der Waals surface area contributed by atoms with Crippen molar-refractivity contribution in [1.82, 2.24) is 0 Å². The first-order valence-electron chi connectivity index (χ1n) is 10.6. The van der Waals surface area contributed by atoms with Crippen molar-refractivity contribution in [2.75, 3.05) is 13.2 Å². The van der Waals surface area contributed by atoms with E-state index in [1.165, 1.54) is 0 Å². The van der Waals surface area contributed by atoms with Crippen molar-refractivity contribution in [1.29, 1.82) is 0 Å². The topological polar surface area (TPSA) is 84.9 Å². The van der Waals surface area contributed by atoms with Gasteiger partial charge in [-0.25, -0.2) is 0 Å². The Morgan fingerprint density at radius 3 is 1.97 bits per heavy atom. The van der Waals surface area contributed by atoms with Crippen LogP contribution in [0.4, 0.5) is 0 Å². The minimum absolute atomic E-state index is 0. The van der Waals surface area contributed by atoms with E-state index in [1.807, 2.05) is 6.08 Å². The molecule has 1 aliphatic rings. The molecule has 0 aromatic rings. The summed E-state index contributed by atoms with van der Waals surface area (Å²) in [5, 5.41) is 0. The third kappa shape index (κ3) is 18.5. The van der Waals surface area contributed by atoms with Gasteiger partial charge in [0.15, 0.2) is 0 Å². The van der Waals surface area contributed by atoms with Gasteiger partial charge in [-0.3, -0.25) is 9.36 Å². The van der Waals surface area contributed by atoms with Gasteiger partial charge in [-0.1, -0.05) is 67.7 Å². The molecule has 0 saturated carbocycles. The predicted molar refractivity (Wildman–Crippen MR) is 118 cm³/mol. The van der Waals surface area contributed by atoms with Crippen molar-refractivity contribution in [3.05, 3.63) is 60.8 Å². The first kappa shape index (κ1) is 30.3. The summed E-state index contributed by atoms with van der Waals surface area (Å²) in [5.41, 5.74) is 0. The summed E-state index contributed by atoms with van der Waals surface area (Å²) >= 11 is 0. The molecule has 0 radical (unpaired) electrons. The second kappa shape index (κ2) is 19.9. The molecule has 0 N–H and O–H groups in total. The molecule has 0 aromatic heterocycles. The molecule has 1 aliphatic heterocycles. The number of carbonyl (C=O) groups excluding carboxylic acids is 1. The monoisotopic (exact) mass is 460 g/mol. The van der Waals surface area contributed by atoms with E-state index in [-0.39, 0.29) is 55.2 Å². The molecule has 2 atom stereocenters. The molecule has 168 valence electrons. The van der Waals surface area contributed by atoms with Gasteiger partial charge >= 0.3 is 35.5 Å². The van der Waals surface area contributed by atoms with Crippen LogP contribution in [0.1, 0.15) is 58.3 Å². The number of carbonyl (C=O) groups is 1. The van der Waals surface area contributed by atoms with Crippen molar-refractivity contribution in [3.8, 4) is 0 Å². The van der Waals surface area contributed by atoms with Gasteiger partial charge in [0.2, 0.25) is 0 Å². The number of hydrogen-bond acceptors (Lipinski definition) is 6. The predicted octanol–water partition coefficient (Wildman–Crippen LogP) is 2.34. The molecule has 2 unspecified atom stereocenters. The number of rotatable bonds is 15. The molecular weight excluding hydrogens is 426 g/mol. The molecule has 0 aliphatic carbocycles. The summed E-state index contributed by atoms with van der Waals surface area (Å²) in [4.78, 5) is 22.6. The van der Waals surface area contributed by atoms with Gasteiger partial charge in [0, 0.05) is 6.42 Å². The summed E-state index contributed by atoms with van der Waals surface area (Å²) < 4.78 is 25.0. The van der Waals surface area contributed by atoms with E-state index >= 15 is 0 Å². The normalized spacial score (nSPS) is 21.8. The minimum atomic E-state index is -4.18. The number of esters is 1. The van der Waals surface area contributed by atoms with Crippen LogP contribution in [0.2, 0.25) is 0 Å². The Morgan fingerprint density at radius 1 is 0.968 bits per heavy atom. The second-order valence-electron chi connectivity index (χ2n) is 6.75. The standard InChI is InChI=1S/C23H35O6P.Na/c1-2-3-4-5-6-7-8-9-10-11-12-13-14-15-16-17-18-19-23(24)27-20-22-21-28-30(25,26)29-22;/h3-4,6-7,9-10,12-13,15-16,22H,2,5,8,11,14,17-21H2,1H3,(H,25,26);/q;+1/p-1/b4-3+,7-6+,10-9+,13-12+,16-15+;. The average molecular weight is 460 g/mol. The third-order valence-electron chi connectivity index (χ3n) is 4.04. The van der Waals surface area contributed by atoms with Gasteiger partial charge in [0.05, 0.1) is 6.61 Å². The zero-order valence-electron chi connectivity index (χ0n) is 18.8. The van der Waals surface area contributed by atoms with E-state index in [2.05, 4.69) is 70.7 Å². The number of unbranched alkanes of at least 4 members (excludes halogenated alkanes) is 1. The van der Waals surface area contributed by atoms with E-state index in [4.69, 9.17) is 4.74 Å². The Bertz CT molecular complexity index is 669. The van der Waals surface area contributed by atoms with Crippen LogP contribution < -0.4 is 34.5 Å². The Morgan fingerprint density at radius 2 is 1.48 bits per heavy atom. The zero-order valence-corrected chi connectivity index (χ0v) is 21.7. The quantitative estimate of drug-likeness (QED) is 0.123. The van der Waals surface area contributed by atoms with Gasteiger partial charge in [0.1, 0.15) is 12.7 Å². The van der Waals surface area contributed by atoms with Crippen molar-refractivity contribution in [3.63, 3.8) is 0 Å². The van der Waals surface area contributed by atoms with E-state index in [1.54, 1.807) is 0 Å². The van der Waals surface area contributed by atoms with E-state index in [0.29, 0.717) is 6.42 Å². The van der Waals surface area contributed by atoms with E-state index < -0.39 is 13.9 Å². The summed E-state index contributed by atoms with van der Waals surface area (Å²) in [5.74, 6) is -0.362. The number of ether oxygens (including phenoxy) is 1. The first-order valence-corrected chi connectivity index (χ1v) is 12.0. The molecule has 6 nitrogen and oxygen atoms in total. The van der Waals surface area contributed by atoms with Crippen LogP contribution >= 0.6 is 7.82 Å². The molecule has 8 heteroatoms. The van der Waals surface area contributed by atoms with Gasteiger partial charge in [0.25, 0.3) is 7.82 Å². The van der Waals surface area contributed by atoms with E-state index in [9.17, 15) is 14.3 Å². The van der Waals surface area contributed by atoms with Crippen LogP contribution in [0.15, 0.2) is 60.8 Å². The van der Waals surface area contributed by atoms with Crippen molar-refractivity contribution in [2.24, 2.45) is 0 Å². The van der Waals surface area contributed by atoms with Crippen LogP contribution in [0, 0.1) is 0 Å². The van der Waals surface area contributed by atoms with Crippen molar-refractivity contribution >= 4 is 13.8 Å². The third-order valence-corrected chi connectivity index (χ3v) is 5.06. The molecular formula is C23H34NaO6P. The van der Waals surface area contributed by atoms with Gasteiger partial charge in [-0.05, 0) is 44.9 Å². The SMILES string of the molecule is CC/C=C/C/C=C/C/C=C/C/C=C/C/C=C/CCCC(=O)OCC1COP(=O)([O-])O1.[Na+]. The summed E-state index contributed by atoms with van der Waals surface area (Å²) in [6, 6.07) is 0. The first-order chi connectivity index (χ1) is 14.5. The summed E-state index contributed by atoms with van der Waals surface area (Å²) in [7, 11) is -4.18. The largest absolute Gasteiger partial charge is 1.00 e. The van der Waals surface area contributed by atoms with Crippen LogP contribution in [-0.2, 0) is 23.1 Å². The molecule has 31 heavy (non-hydrogen) atoms. The smallest absolute Gasteiger partial charge is 0.756 e. The van der Waals surface area contributed by atoms with Gasteiger partial charge in [-0.15, -0.1) is 0 Å². The molecule has 0 amide bonds. The Kier molecular flexibility index (Phi) is 19.5. The molecule has 1 saturated heterocycles. The number of phosphoric acid groups is 1. The Balaban J connectivity index is 0.00000900. The van der Waals surface area contributed by atoms with Gasteiger partial charge < -0.3 is 18.7 Å². The number of allylic oxidation sites excluding steroid dienone is 10. The zero-order chi connectivity index (χ0) is 21.9. The van der Waals surface area contributed by atoms with Crippen LogP contribution in [-0.4, -0.2) is 25.3 Å². The van der Waals surface area contributed by atoms with Crippen LogP contribution in [0.25, 0.3) is 0 Å². The summed E-state index contributed by atoms with van der Waals surface area (Å²) in [6.07, 6.45) is 27.4. The fourth-order valence-electron chi connectivity index (χ4n) is 2.49. The fourth-order valence-corrected chi connectivity index (χ4v) is 3.38. The van der Waals surface area contributed by atoms with E-state index in [0.717, 1.165) is 38.5 Å². The minimum Gasteiger partial charge on any atom is -0.756 e. The Hall–Kier alpha value is -0.720. The maximum absolute atomic E-state index is 11.6.